The van der Waals surface area contributed by atoms with Crippen molar-refractivity contribution in [1.82, 2.24) is 15.6 Å². The van der Waals surface area contributed by atoms with Gasteiger partial charge >= 0.3 is 0 Å². The Morgan fingerprint density at radius 2 is 1.80 bits per heavy atom. The van der Waals surface area contributed by atoms with Crippen molar-refractivity contribution >= 4 is 5.96 Å². The molecule has 0 bridgehead atoms. The first kappa shape index (κ1) is 21.2. The largest absolute Gasteiger partial charge is 0.492 e. The van der Waals surface area contributed by atoms with Crippen molar-refractivity contribution in [1.29, 1.82) is 0 Å². The molecule has 6 nitrogen and oxygen atoms in total. The standard InChI is InChI=1S/C24H28N4O2/c1-19-9-11-22(12-10-19)29-15-14-27-24(25-2)28-17-20-6-5-8-23(16-20)30-18-21-7-3-4-13-26-21/h3-13,16H,14-15,17-18H2,1-2H3,(H2,25,27,28). The number of nitrogens with one attached hydrogen (secondary N) is 2. The van der Waals surface area contributed by atoms with Gasteiger partial charge in [0.25, 0.3) is 0 Å². The van der Waals surface area contributed by atoms with Crippen molar-refractivity contribution in [3.05, 3.63) is 89.7 Å². The summed E-state index contributed by atoms with van der Waals surface area (Å²) in [6.07, 6.45) is 1.77. The first-order valence-corrected chi connectivity index (χ1v) is 9.98. The summed E-state index contributed by atoms with van der Waals surface area (Å²) in [5.74, 6) is 2.41. The SMILES string of the molecule is CN=C(NCCOc1ccc(C)cc1)NCc1cccc(OCc2ccccn2)c1. The molecule has 0 aliphatic rings. The number of hydrogen-bond acceptors (Lipinski definition) is 4. The van der Waals surface area contributed by atoms with Gasteiger partial charge in [0, 0.05) is 19.8 Å². The molecule has 0 unspecified atom stereocenters. The van der Waals surface area contributed by atoms with E-state index in [1.165, 1.54) is 5.56 Å². The highest BCUT2D eigenvalue weighted by molar-refractivity contribution is 5.79. The third-order valence-corrected chi connectivity index (χ3v) is 4.38. The van der Waals surface area contributed by atoms with Crippen LogP contribution < -0.4 is 20.1 Å². The summed E-state index contributed by atoms with van der Waals surface area (Å²) < 4.78 is 11.6. The quantitative estimate of drug-likeness (QED) is 0.323. The van der Waals surface area contributed by atoms with Crippen LogP contribution in [-0.2, 0) is 13.2 Å². The third kappa shape index (κ3) is 7.13. The van der Waals surface area contributed by atoms with Crippen molar-refractivity contribution in [3.8, 4) is 11.5 Å². The molecule has 0 saturated heterocycles. The van der Waals surface area contributed by atoms with Gasteiger partial charge in [0.05, 0.1) is 12.2 Å². The molecule has 0 atom stereocenters. The zero-order chi connectivity index (χ0) is 21.0. The van der Waals surface area contributed by atoms with E-state index in [1.54, 1.807) is 13.2 Å². The molecular weight excluding hydrogens is 376 g/mol. The van der Waals surface area contributed by atoms with E-state index >= 15 is 0 Å². The molecule has 0 fully saturated rings. The van der Waals surface area contributed by atoms with Crippen LogP contribution in [0.5, 0.6) is 11.5 Å². The zero-order valence-electron chi connectivity index (χ0n) is 17.5. The van der Waals surface area contributed by atoms with Crippen molar-refractivity contribution in [3.63, 3.8) is 0 Å². The van der Waals surface area contributed by atoms with Gasteiger partial charge in [-0.3, -0.25) is 9.98 Å². The van der Waals surface area contributed by atoms with Gasteiger partial charge in [0.2, 0.25) is 0 Å². The number of benzene rings is 2. The smallest absolute Gasteiger partial charge is 0.191 e. The number of aryl methyl sites for hydroxylation is 1. The molecule has 1 heterocycles. The molecule has 30 heavy (non-hydrogen) atoms. The molecular formula is C24H28N4O2. The minimum atomic E-state index is 0.446. The van der Waals surface area contributed by atoms with Crippen LogP contribution in [0.25, 0.3) is 0 Å². The molecule has 0 spiro atoms. The van der Waals surface area contributed by atoms with Crippen LogP contribution in [0, 0.1) is 6.92 Å². The minimum Gasteiger partial charge on any atom is -0.492 e. The molecule has 156 valence electrons. The van der Waals surface area contributed by atoms with E-state index < -0.39 is 0 Å². The van der Waals surface area contributed by atoms with Crippen molar-refractivity contribution < 1.29 is 9.47 Å². The van der Waals surface area contributed by atoms with Crippen molar-refractivity contribution in [2.24, 2.45) is 4.99 Å². The molecule has 0 amide bonds. The summed E-state index contributed by atoms with van der Waals surface area (Å²) in [5, 5.41) is 6.57. The molecule has 6 heteroatoms. The Morgan fingerprint density at radius 1 is 0.933 bits per heavy atom. The Kier molecular flexibility index (Phi) is 8.09. The minimum absolute atomic E-state index is 0.446. The Hall–Kier alpha value is -3.54. The maximum atomic E-state index is 5.84. The van der Waals surface area contributed by atoms with Gasteiger partial charge in [-0.1, -0.05) is 35.9 Å². The molecule has 0 aliphatic heterocycles. The normalized spacial score (nSPS) is 11.1. The molecule has 3 aromatic rings. The lowest BCUT2D eigenvalue weighted by molar-refractivity contribution is 0.301. The van der Waals surface area contributed by atoms with E-state index in [9.17, 15) is 0 Å². The topological polar surface area (TPSA) is 67.8 Å². The second-order valence-corrected chi connectivity index (χ2v) is 6.77. The average molecular weight is 405 g/mol. The second-order valence-electron chi connectivity index (χ2n) is 6.77. The fourth-order valence-electron chi connectivity index (χ4n) is 2.77. The number of guanidine groups is 1. The van der Waals surface area contributed by atoms with E-state index in [0.717, 1.165) is 28.7 Å². The van der Waals surface area contributed by atoms with Crippen LogP contribution in [0.3, 0.4) is 0 Å². The highest BCUT2D eigenvalue weighted by atomic mass is 16.5. The monoisotopic (exact) mass is 404 g/mol. The number of nitrogens with zero attached hydrogens (tertiary/aromatic N) is 2. The Labute approximate surface area is 178 Å². The summed E-state index contributed by atoms with van der Waals surface area (Å²) in [6.45, 7) is 4.35. The Balaban J connectivity index is 1.40. The predicted molar refractivity (Wildman–Crippen MR) is 120 cm³/mol. The number of aromatic nitrogens is 1. The van der Waals surface area contributed by atoms with Gasteiger partial charge in [0.15, 0.2) is 5.96 Å². The first-order valence-electron chi connectivity index (χ1n) is 9.98. The lowest BCUT2D eigenvalue weighted by Crippen LogP contribution is -2.38. The average Bonchev–Trinajstić information content (AvgIpc) is 2.79. The van der Waals surface area contributed by atoms with Crippen LogP contribution in [0.1, 0.15) is 16.8 Å². The summed E-state index contributed by atoms with van der Waals surface area (Å²) in [7, 11) is 1.75. The number of ether oxygens (including phenoxy) is 2. The van der Waals surface area contributed by atoms with E-state index in [1.807, 2.05) is 60.7 Å². The summed E-state index contributed by atoms with van der Waals surface area (Å²) in [4.78, 5) is 8.53. The number of rotatable bonds is 9. The van der Waals surface area contributed by atoms with E-state index in [-0.39, 0.29) is 0 Å². The predicted octanol–water partition coefficient (Wildman–Crippen LogP) is 3.71. The number of aliphatic imine (C=N–C) groups is 1. The van der Waals surface area contributed by atoms with Crippen LogP contribution in [0.2, 0.25) is 0 Å². The Bertz CT molecular complexity index is 927. The third-order valence-electron chi connectivity index (χ3n) is 4.38. The van der Waals surface area contributed by atoms with Crippen molar-refractivity contribution in [2.45, 2.75) is 20.1 Å². The van der Waals surface area contributed by atoms with Crippen LogP contribution in [0.15, 0.2) is 77.9 Å². The molecule has 2 aromatic carbocycles. The molecule has 3 rings (SSSR count). The summed E-state index contributed by atoms with van der Waals surface area (Å²) in [6, 6.07) is 21.8. The van der Waals surface area contributed by atoms with Crippen LogP contribution >= 0.6 is 0 Å². The second kappa shape index (κ2) is 11.5. The lowest BCUT2D eigenvalue weighted by Gasteiger charge is -2.13. The van der Waals surface area contributed by atoms with Gasteiger partial charge in [-0.25, -0.2) is 0 Å². The molecule has 0 aliphatic carbocycles. The van der Waals surface area contributed by atoms with Crippen molar-refractivity contribution in [2.75, 3.05) is 20.2 Å². The zero-order valence-corrected chi connectivity index (χ0v) is 17.5. The van der Waals surface area contributed by atoms with E-state index in [2.05, 4.69) is 33.6 Å². The maximum Gasteiger partial charge on any atom is 0.191 e. The highest BCUT2D eigenvalue weighted by Gasteiger charge is 2.02. The van der Waals surface area contributed by atoms with Gasteiger partial charge in [-0.05, 0) is 48.9 Å². The van der Waals surface area contributed by atoms with Gasteiger partial charge in [-0.15, -0.1) is 0 Å². The first-order chi connectivity index (χ1) is 14.7. The molecule has 2 N–H and O–H groups in total. The van der Waals surface area contributed by atoms with Crippen LogP contribution in [0.4, 0.5) is 0 Å². The van der Waals surface area contributed by atoms with Gasteiger partial charge < -0.3 is 20.1 Å². The molecule has 0 saturated carbocycles. The summed E-state index contributed by atoms with van der Waals surface area (Å²) in [5.41, 5.74) is 3.22. The number of hydrogen-bond donors (Lipinski definition) is 2. The Morgan fingerprint density at radius 3 is 2.57 bits per heavy atom. The lowest BCUT2D eigenvalue weighted by atomic mass is 10.2. The fourth-order valence-corrected chi connectivity index (χ4v) is 2.77. The fraction of sp³-hybridized carbons (Fsp3) is 0.250. The van der Waals surface area contributed by atoms with Gasteiger partial charge in [-0.2, -0.15) is 0 Å². The van der Waals surface area contributed by atoms with E-state index in [4.69, 9.17) is 9.47 Å². The maximum absolute atomic E-state index is 5.84. The highest BCUT2D eigenvalue weighted by Crippen LogP contribution is 2.15. The summed E-state index contributed by atoms with van der Waals surface area (Å²) >= 11 is 0. The number of pyridine rings is 1. The molecule has 0 radical (unpaired) electrons. The van der Waals surface area contributed by atoms with Gasteiger partial charge in [0.1, 0.15) is 24.7 Å². The molecule has 1 aromatic heterocycles. The van der Waals surface area contributed by atoms with Crippen LogP contribution in [-0.4, -0.2) is 31.1 Å². The van der Waals surface area contributed by atoms with E-state index in [0.29, 0.717) is 26.3 Å².